The van der Waals surface area contributed by atoms with E-state index >= 15 is 0 Å². The van der Waals surface area contributed by atoms with Gasteiger partial charge in [0, 0.05) is 0 Å². The highest BCUT2D eigenvalue weighted by atomic mass is 32.2. The van der Waals surface area contributed by atoms with Crippen molar-refractivity contribution in [3.05, 3.63) is 0 Å². The van der Waals surface area contributed by atoms with E-state index in [-0.39, 0.29) is 0 Å². The zero-order chi connectivity index (χ0) is 12.4. The van der Waals surface area contributed by atoms with Crippen LogP contribution in [0.1, 0.15) is 13.8 Å². The van der Waals surface area contributed by atoms with Crippen molar-refractivity contribution in [2.24, 2.45) is 5.92 Å². The second-order valence-corrected chi connectivity index (χ2v) is 4.56. The highest BCUT2D eigenvalue weighted by Gasteiger charge is 2.49. The average Bonchev–Trinajstić information content (AvgIpc) is 1.96. The lowest BCUT2D eigenvalue weighted by Gasteiger charge is -2.17. The lowest BCUT2D eigenvalue weighted by molar-refractivity contribution is -0.147. The number of hydrogen-bond donors (Lipinski definition) is 1. The summed E-state index contributed by atoms with van der Waals surface area (Å²) in [5, 5.41) is 8.42. The fraction of sp³-hybridized carbons (Fsp3) is 0.833. The van der Waals surface area contributed by atoms with E-state index in [1.54, 1.807) is 0 Å². The Morgan fingerprint density at radius 1 is 1.33 bits per heavy atom. The van der Waals surface area contributed by atoms with E-state index < -0.39 is 33.6 Å². The van der Waals surface area contributed by atoms with E-state index in [0.29, 0.717) is 0 Å². The minimum atomic E-state index is -5.87. The number of carboxylic acids is 1. The smallest absolute Gasteiger partial charge is 0.479 e. The molecule has 0 fully saturated rings. The molecule has 0 aliphatic rings. The predicted octanol–water partition coefficient (Wildman–Crippen LogP) is 0.962. The second-order valence-electron chi connectivity index (χ2n) is 3.00. The number of halogens is 3. The fourth-order valence-electron chi connectivity index (χ4n) is 0.628. The molecule has 5 nitrogen and oxygen atoms in total. The third-order valence-electron chi connectivity index (χ3n) is 1.36. The number of rotatable bonds is 4. The highest BCUT2D eigenvalue weighted by molar-refractivity contribution is 7.87. The SMILES string of the molecule is CC(C)[C@@H](OS(=O)(=O)C(F)(F)F)C(=O)O. The summed E-state index contributed by atoms with van der Waals surface area (Å²) in [6, 6.07) is 0. The number of alkyl halides is 3. The number of aliphatic carboxylic acids is 1. The molecule has 0 aliphatic heterocycles. The molecule has 9 heteroatoms. The highest BCUT2D eigenvalue weighted by Crippen LogP contribution is 2.27. The first-order valence-electron chi connectivity index (χ1n) is 3.71. The molecule has 0 spiro atoms. The van der Waals surface area contributed by atoms with Gasteiger partial charge in [0.25, 0.3) is 0 Å². The summed E-state index contributed by atoms with van der Waals surface area (Å²) in [7, 11) is -5.87. The molecule has 0 saturated carbocycles. The molecular weight excluding hydrogens is 241 g/mol. The maximum absolute atomic E-state index is 11.8. The number of carboxylic acid groups (broad SMARTS) is 1. The van der Waals surface area contributed by atoms with E-state index in [0.717, 1.165) is 0 Å². The topological polar surface area (TPSA) is 80.7 Å². The van der Waals surface area contributed by atoms with Crippen molar-refractivity contribution < 1.29 is 35.7 Å². The molecule has 0 aromatic heterocycles. The third kappa shape index (κ3) is 3.67. The van der Waals surface area contributed by atoms with Gasteiger partial charge in [0.15, 0.2) is 6.10 Å². The van der Waals surface area contributed by atoms with Crippen molar-refractivity contribution in [3.63, 3.8) is 0 Å². The van der Waals surface area contributed by atoms with Crippen LogP contribution in [0.25, 0.3) is 0 Å². The van der Waals surface area contributed by atoms with Crippen LogP contribution >= 0.6 is 0 Å². The molecule has 0 amide bonds. The van der Waals surface area contributed by atoms with Gasteiger partial charge in [-0.15, -0.1) is 0 Å². The van der Waals surface area contributed by atoms with Crippen molar-refractivity contribution >= 4 is 16.1 Å². The van der Waals surface area contributed by atoms with Crippen LogP contribution in [0.15, 0.2) is 0 Å². The van der Waals surface area contributed by atoms with Crippen LogP contribution < -0.4 is 0 Å². The molecule has 1 N–H and O–H groups in total. The van der Waals surface area contributed by atoms with Crippen molar-refractivity contribution in [1.29, 1.82) is 0 Å². The summed E-state index contributed by atoms with van der Waals surface area (Å²) in [5.74, 6) is -2.67. The van der Waals surface area contributed by atoms with E-state index in [1.165, 1.54) is 13.8 Å². The molecule has 0 saturated heterocycles. The number of hydrogen-bond acceptors (Lipinski definition) is 4. The first kappa shape index (κ1) is 14.2. The standard InChI is InChI=1S/C6H9F3O5S/c1-3(2)4(5(10)11)14-15(12,13)6(7,8)9/h3-4H,1-2H3,(H,10,11)/t4-/m1/s1. The molecular formula is C6H9F3O5S. The maximum atomic E-state index is 11.8. The molecule has 0 aromatic rings. The van der Waals surface area contributed by atoms with Crippen molar-refractivity contribution in [1.82, 2.24) is 0 Å². The zero-order valence-electron chi connectivity index (χ0n) is 7.78. The maximum Gasteiger partial charge on any atom is 0.523 e. The molecule has 0 aliphatic carbocycles. The predicted molar refractivity (Wildman–Crippen MR) is 42.3 cm³/mol. The van der Waals surface area contributed by atoms with Gasteiger partial charge in [-0.3, -0.25) is 0 Å². The largest absolute Gasteiger partial charge is 0.523 e. The molecule has 1 atom stereocenters. The summed E-state index contributed by atoms with van der Waals surface area (Å²) in [6.07, 6.45) is -2.04. The first-order chi connectivity index (χ1) is 6.49. The Labute approximate surface area is 84.0 Å². The third-order valence-corrected chi connectivity index (χ3v) is 2.39. The first-order valence-corrected chi connectivity index (χ1v) is 5.12. The Balaban J connectivity index is 4.93. The van der Waals surface area contributed by atoms with Crippen LogP contribution in [0.2, 0.25) is 0 Å². The van der Waals surface area contributed by atoms with Gasteiger partial charge in [-0.1, -0.05) is 13.8 Å². The molecule has 0 unspecified atom stereocenters. The minimum absolute atomic E-state index is 0.903. The van der Waals surface area contributed by atoms with Gasteiger partial charge in [0.05, 0.1) is 0 Å². The Morgan fingerprint density at radius 2 is 1.73 bits per heavy atom. The Bertz CT molecular complexity index is 331. The van der Waals surface area contributed by atoms with Crippen molar-refractivity contribution in [3.8, 4) is 0 Å². The quantitative estimate of drug-likeness (QED) is 0.593. The Morgan fingerprint density at radius 3 is 1.93 bits per heavy atom. The summed E-state index contributed by atoms with van der Waals surface area (Å²) >= 11 is 0. The van der Waals surface area contributed by atoms with Crippen LogP contribution in [0.4, 0.5) is 13.2 Å². The second kappa shape index (κ2) is 4.35. The summed E-state index contributed by atoms with van der Waals surface area (Å²) in [6.45, 7) is 2.45. The van der Waals surface area contributed by atoms with Crippen molar-refractivity contribution in [2.45, 2.75) is 25.5 Å². The zero-order valence-corrected chi connectivity index (χ0v) is 8.59. The van der Waals surface area contributed by atoms with Crippen LogP contribution in [-0.2, 0) is 19.1 Å². The van der Waals surface area contributed by atoms with Gasteiger partial charge in [-0.25, -0.2) is 8.98 Å². The summed E-state index contributed by atoms with van der Waals surface area (Å²) < 4.78 is 59.9. The Hall–Kier alpha value is -0.830. The minimum Gasteiger partial charge on any atom is -0.479 e. The van der Waals surface area contributed by atoms with Gasteiger partial charge in [-0.05, 0) is 5.92 Å². The van der Waals surface area contributed by atoms with Crippen molar-refractivity contribution in [2.75, 3.05) is 0 Å². The molecule has 0 rings (SSSR count). The Kier molecular flexibility index (Phi) is 4.11. The van der Waals surface area contributed by atoms with E-state index in [4.69, 9.17) is 5.11 Å². The lowest BCUT2D eigenvalue weighted by Crippen LogP contribution is -2.37. The number of carbonyl (C=O) groups is 1. The van der Waals surface area contributed by atoms with E-state index in [9.17, 15) is 26.4 Å². The van der Waals surface area contributed by atoms with E-state index in [1.807, 2.05) is 0 Å². The molecule has 90 valence electrons. The molecule has 0 radical (unpaired) electrons. The molecule has 0 aromatic carbocycles. The molecule has 15 heavy (non-hydrogen) atoms. The summed E-state index contributed by atoms with van der Waals surface area (Å²) in [4.78, 5) is 10.4. The average molecular weight is 250 g/mol. The van der Waals surface area contributed by atoms with Crippen LogP contribution in [0.3, 0.4) is 0 Å². The van der Waals surface area contributed by atoms with E-state index in [2.05, 4.69) is 4.18 Å². The monoisotopic (exact) mass is 250 g/mol. The fourth-order valence-corrected chi connectivity index (χ4v) is 1.32. The van der Waals surface area contributed by atoms with Gasteiger partial charge in [0.1, 0.15) is 0 Å². The van der Waals surface area contributed by atoms with Crippen LogP contribution in [0.5, 0.6) is 0 Å². The van der Waals surface area contributed by atoms with Crippen LogP contribution in [0, 0.1) is 5.92 Å². The van der Waals surface area contributed by atoms with Gasteiger partial charge in [0.2, 0.25) is 0 Å². The molecule has 0 heterocycles. The van der Waals surface area contributed by atoms with Crippen LogP contribution in [-0.4, -0.2) is 31.1 Å². The van der Waals surface area contributed by atoms with Gasteiger partial charge in [-0.2, -0.15) is 21.6 Å². The normalized spacial score (nSPS) is 15.3. The molecule has 0 bridgehead atoms. The van der Waals surface area contributed by atoms with Gasteiger partial charge < -0.3 is 5.11 Å². The lowest BCUT2D eigenvalue weighted by atomic mass is 10.1. The summed E-state index contributed by atoms with van der Waals surface area (Å²) in [5.41, 5.74) is -5.62. The van der Waals surface area contributed by atoms with Gasteiger partial charge >= 0.3 is 21.6 Å².